The average molecular weight is 346 g/mol. The summed E-state index contributed by atoms with van der Waals surface area (Å²) in [5.74, 6) is 2.11. The number of halogens is 2. The van der Waals surface area contributed by atoms with E-state index in [0.717, 1.165) is 25.0 Å². The van der Waals surface area contributed by atoms with Crippen LogP contribution < -0.4 is 4.74 Å². The van der Waals surface area contributed by atoms with Crippen LogP contribution in [0.3, 0.4) is 0 Å². The van der Waals surface area contributed by atoms with Gasteiger partial charge in [0.1, 0.15) is 6.61 Å². The molecule has 22 heavy (non-hydrogen) atoms. The van der Waals surface area contributed by atoms with Gasteiger partial charge in [-0.2, -0.15) is 0 Å². The summed E-state index contributed by atoms with van der Waals surface area (Å²) in [6.07, 6.45) is 1.34. The third-order valence-electron chi connectivity index (χ3n) is 3.89. The highest BCUT2D eigenvalue weighted by atomic mass is 35.5. The molecule has 2 atom stereocenters. The number of benzene rings is 1. The number of para-hydroxylation sites is 1. The van der Waals surface area contributed by atoms with E-state index in [9.17, 15) is 0 Å². The van der Waals surface area contributed by atoms with E-state index in [1.165, 1.54) is 19.5 Å². The lowest BCUT2D eigenvalue weighted by molar-refractivity contribution is 0.0596. The van der Waals surface area contributed by atoms with Crippen molar-refractivity contribution in [2.24, 2.45) is 11.8 Å². The van der Waals surface area contributed by atoms with Crippen LogP contribution in [0.1, 0.15) is 20.3 Å². The molecule has 1 heterocycles. The Balaban J connectivity index is 1.60. The van der Waals surface area contributed by atoms with Gasteiger partial charge in [0.05, 0.1) is 23.3 Å². The molecule has 0 aliphatic carbocycles. The molecule has 1 aromatic carbocycles. The zero-order valence-electron chi connectivity index (χ0n) is 13.4. The molecule has 1 aliphatic heterocycles. The molecule has 124 valence electrons. The number of hydrogen-bond acceptors (Lipinski definition) is 3. The van der Waals surface area contributed by atoms with Crippen LogP contribution in [0.4, 0.5) is 0 Å². The van der Waals surface area contributed by atoms with E-state index in [-0.39, 0.29) is 0 Å². The molecule has 0 bridgehead atoms. The molecule has 0 spiro atoms. The van der Waals surface area contributed by atoms with E-state index >= 15 is 0 Å². The first kappa shape index (κ1) is 17.9. The van der Waals surface area contributed by atoms with Crippen molar-refractivity contribution in [1.82, 2.24) is 4.90 Å². The normalized spacial score (nSPS) is 22.7. The van der Waals surface area contributed by atoms with Crippen molar-refractivity contribution in [1.29, 1.82) is 0 Å². The minimum atomic E-state index is 0.455. The topological polar surface area (TPSA) is 21.7 Å². The maximum Gasteiger partial charge on any atom is 0.156 e. The Kier molecular flexibility index (Phi) is 7.29. The molecule has 0 saturated carbocycles. The quantitative estimate of drug-likeness (QED) is 0.685. The Hall–Kier alpha value is -0.480. The van der Waals surface area contributed by atoms with Gasteiger partial charge in [-0.1, -0.05) is 43.1 Å². The predicted molar refractivity (Wildman–Crippen MR) is 92.2 cm³/mol. The highest BCUT2D eigenvalue weighted by Crippen LogP contribution is 2.32. The molecule has 0 unspecified atom stereocenters. The smallest absolute Gasteiger partial charge is 0.156 e. The molecule has 1 aromatic rings. The maximum atomic E-state index is 6.04. The Bertz CT molecular complexity index is 440. The first-order chi connectivity index (χ1) is 10.6. The molecular weight excluding hydrogens is 321 g/mol. The summed E-state index contributed by atoms with van der Waals surface area (Å²) >= 11 is 12.1. The number of rotatable bonds is 7. The van der Waals surface area contributed by atoms with E-state index in [1.54, 1.807) is 18.2 Å². The van der Waals surface area contributed by atoms with Crippen molar-refractivity contribution in [2.45, 2.75) is 20.3 Å². The molecule has 1 aliphatic rings. The minimum Gasteiger partial charge on any atom is -0.488 e. The van der Waals surface area contributed by atoms with Crippen LogP contribution in [0.15, 0.2) is 18.2 Å². The van der Waals surface area contributed by atoms with Gasteiger partial charge in [-0.15, -0.1) is 0 Å². The minimum absolute atomic E-state index is 0.455. The fraction of sp³-hybridized carbons (Fsp3) is 0.647. The van der Waals surface area contributed by atoms with Crippen LogP contribution in [0, 0.1) is 11.8 Å². The standard InChI is InChI=1S/C17H25Cl2NO2/c1-13-10-14(2)12-20(11-13)6-7-21-8-9-22-17-15(18)4-3-5-16(17)19/h3-5,13-14H,6-12H2,1-2H3/t13-,14-/m1/s1. The van der Waals surface area contributed by atoms with Crippen molar-refractivity contribution >= 4 is 23.2 Å². The summed E-state index contributed by atoms with van der Waals surface area (Å²) < 4.78 is 11.2. The van der Waals surface area contributed by atoms with Gasteiger partial charge < -0.3 is 14.4 Å². The molecular formula is C17H25Cl2NO2. The Labute approximate surface area is 143 Å². The van der Waals surface area contributed by atoms with Crippen LogP contribution in [0.25, 0.3) is 0 Å². The summed E-state index contributed by atoms with van der Waals surface area (Å²) in [7, 11) is 0. The van der Waals surface area contributed by atoms with Gasteiger partial charge in [-0.25, -0.2) is 0 Å². The van der Waals surface area contributed by atoms with E-state index < -0.39 is 0 Å². The molecule has 0 amide bonds. The van der Waals surface area contributed by atoms with Crippen LogP contribution in [-0.4, -0.2) is 44.4 Å². The van der Waals surface area contributed by atoms with Crippen molar-refractivity contribution in [3.05, 3.63) is 28.2 Å². The maximum absolute atomic E-state index is 6.04. The number of ether oxygens (including phenoxy) is 2. The predicted octanol–water partition coefficient (Wildman–Crippen LogP) is 4.37. The van der Waals surface area contributed by atoms with Gasteiger partial charge >= 0.3 is 0 Å². The summed E-state index contributed by atoms with van der Waals surface area (Å²) in [6.45, 7) is 9.73. The summed E-state index contributed by atoms with van der Waals surface area (Å²) in [5.41, 5.74) is 0. The van der Waals surface area contributed by atoms with Gasteiger partial charge in [-0.3, -0.25) is 0 Å². The summed E-state index contributed by atoms with van der Waals surface area (Å²) in [5, 5.41) is 1.06. The largest absolute Gasteiger partial charge is 0.488 e. The van der Waals surface area contributed by atoms with Crippen LogP contribution >= 0.6 is 23.2 Å². The Morgan fingerprint density at radius 2 is 1.68 bits per heavy atom. The van der Waals surface area contributed by atoms with Crippen molar-refractivity contribution in [2.75, 3.05) is 39.5 Å². The highest BCUT2D eigenvalue weighted by molar-refractivity contribution is 6.37. The van der Waals surface area contributed by atoms with E-state index in [1.807, 2.05) is 0 Å². The van der Waals surface area contributed by atoms with E-state index in [4.69, 9.17) is 32.7 Å². The second kappa shape index (κ2) is 8.97. The average Bonchev–Trinajstić information content (AvgIpc) is 2.44. The molecule has 1 saturated heterocycles. The summed E-state index contributed by atoms with van der Waals surface area (Å²) in [6, 6.07) is 5.33. The molecule has 5 heteroatoms. The van der Waals surface area contributed by atoms with Crippen LogP contribution in [0.2, 0.25) is 10.0 Å². The second-order valence-corrected chi connectivity index (χ2v) is 7.03. The Morgan fingerprint density at radius 3 is 2.32 bits per heavy atom. The zero-order valence-corrected chi connectivity index (χ0v) is 14.9. The zero-order chi connectivity index (χ0) is 15.9. The van der Waals surface area contributed by atoms with Crippen molar-refractivity contribution in [3.8, 4) is 5.75 Å². The van der Waals surface area contributed by atoms with E-state index in [2.05, 4.69) is 18.7 Å². The first-order valence-electron chi connectivity index (χ1n) is 7.93. The Morgan fingerprint density at radius 1 is 1.05 bits per heavy atom. The third-order valence-corrected chi connectivity index (χ3v) is 4.48. The lowest BCUT2D eigenvalue weighted by Crippen LogP contribution is -2.40. The van der Waals surface area contributed by atoms with Crippen LogP contribution in [0.5, 0.6) is 5.75 Å². The van der Waals surface area contributed by atoms with Crippen molar-refractivity contribution < 1.29 is 9.47 Å². The van der Waals surface area contributed by atoms with Gasteiger partial charge in [0.25, 0.3) is 0 Å². The number of nitrogens with zero attached hydrogens (tertiary/aromatic N) is 1. The van der Waals surface area contributed by atoms with Gasteiger partial charge in [-0.05, 0) is 30.4 Å². The lowest BCUT2D eigenvalue weighted by Gasteiger charge is -2.34. The van der Waals surface area contributed by atoms with Gasteiger partial charge in [0.2, 0.25) is 0 Å². The summed E-state index contributed by atoms with van der Waals surface area (Å²) in [4.78, 5) is 2.49. The van der Waals surface area contributed by atoms with Gasteiger partial charge in [0, 0.05) is 19.6 Å². The number of hydrogen-bond donors (Lipinski definition) is 0. The molecule has 1 fully saturated rings. The molecule has 0 aromatic heterocycles. The number of piperidine rings is 1. The highest BCUT2D eigenvalue weighted by Gasteiger charge is 2.21. The first-order valence-corrected chi connectivity index (χ1v) is 8.68. The van der Waals surface area contributed by atoms with Crippen molar-refractivity contribution in [3.63, 3.8) is 0 Å². The fourth-order valence-corrected chi connectivity index (χ4v) is 3.60. The monoisotopic (exact) mass is 345 g/mol. The molecule has 3 nitrogen and oxygen atoms in total. The molecule has 2 rings (SSSR count). The fourth-order valence-electron chi connectivity index (χ4n) is 3.09. The number of likely N-dealkylation sites (tertiary alicyclic amines) is 1. The third kappa shape index (κ3) is 5.62. The van der Waals surface area contributed by atoms with Gasteiger partial charge in [0.15, 0.2) is 5.75 Å². The lowest BCUT2D eigenvalue weighted by atomic mass is 9.92. The van der Waals surface area contributed by atoms with E-state index in [0.29, 0.717) is 29.0 Å². The molecule has 0 radical (unpaired) electrons. The SMILES string of the molecule is C[C@@H]1C[C@@H](C)CN(CCOCCOc2c(Cl)cccc2Cl)C1. The molecule has 0 N–H and O–H groups in total. The van der Waals surface area contributed by atoms with Crippen LogP contribution in [-0.2, 0) is 4.74 Å². The second-order valence-electron chi connectivity index (χ2n) is 6.22.